The van der Waals surface area contributed by atoms with E-state index in [2.05, 4.69) is 0 Å². The van der Waals surface area contributed by atoms with Crippen LogP contribution in [0.2, 0.25) is 0 Å². The highest BCUT2D eigenvalue weighted by molar-refractivity contribution is 8.01. The van der Waals surface area contributed by atoms with Crippen LogP contribution in [-0.4, -0.2) is 39.2 Å². The third kappa shape index (κ3) is 2.44. The van der Waals surface area contributed by atoms with Crippen molar-refractivity contribution in [2.24, 2.45) is 0 Å². The van der Waals surface area contributed by atoms with Crippen LogP contribution in [0.25, 0.3) is 0 Å². The Morgan fingerprint density at radius 3 is 2.81 bits per heavy atom. The minimum atomic E-state index is -1.05. The Morgan fingerprint density at radius 1 is 1.33 bits per heavy atom. The first-order chi connectivity index (χ1) is 10.0. The molecule has 0 radical (unpaired) electrons. The van der Waals surface area contributed by atoms with Crippen LogP contribution in [0.15, 0.2) is 29.2 Å². The second-order valence-corrected chi connectivity index (χ2v) is 7.19. The zero-order valence-corrected chi connectivity index (χ0v) is 12.9. The number of fused-ring (bicyclic) bond motifs is 1. The summed E-state index contributed by atoms with van der Waals surface area (Å²) in [4.78, 5) is 27.2. The number of carboxylic acid groups (broad SMARTS) is 1. The molecule has 2 aliphatic heterocycles. The molecule has 1 amide bonds. The van der Waals surface area contributed by atoms with Crippen molar-refractivity contribution in [3.63, 3.8) is 0 Å². The maximum Gasteiger partial charge on any atom is 0.329 e. The van der Waals surface area contributed by atoms with Gasteiger partial charge in [0, 0.05) is 11.4 Å². The van der Waals surface area contributed by atoms with Gasteiger partial charge in [0.25, 0.3) is 0 Å². The van der Waals surface area contributed by atoms with E-state index in [-0.39, 0.29) is 11.2 Å². The minimum absolute atomic E-state index is 0.0270. The number of rotatable bonds is 2. The molecule has 0 aliphatic carbocycles. The first-order valence-electron chi connectivity index (χ1n) is 7.32. The smallest absolute Gasteiger partial charge is 0.329 e. The lowest BCUT2D eigenvalue weighted by atomic mass is 9.88. The number of hydrogen-bond acceptors (Lipinski definition) is 3. The summed E-state index contributed by atoms with van der Waals surface area (Å²) >= 11 is 1.57. The summed E-state index contributed by atoms with van der Waals surface area (Å²) in [6.45, 7) is 2.23. The zero-order valence-electron chi connectivity index (χ0n) is 12.0. The van der Waals surface area contributed by atoms with Crippen molar-refractivity contribution in [2.75, 3.05) is 6.54 Å². The van der Waals surface area contributed by atoms with Gasteiger partial charge in [-0.1, -0.05) is 18.2 Å². The van der Waals surface area contributed by atoms with Gasteiger partial charge in [0.1, 0.15) is 5.54 Å². The molecule has 0 saturated carbocycles. The number of carbonyl (C=O) groups excluding carboxylic acids is 1. The number of carboxylic acids is 1. The van der Waals surface area contributed by atoms with Crippen LogP contribution in [0.1, 0.15) is 31.7 Å². The van der Waals surface area contributed by atoms with Gasteiger partial charge >= 0.3 is 5.97 Å². The molecule has 2 atom stereocenters. The van der Waals surface area contributed by atoms with Crippen molar-refractivity contribution in [1.82, 2.24) is 4.90 Å². The van der Waals surface area contributed by atoms with Gasteiger partial charge in [-0.15, -0.1) is 11.8 Å². The Bertz CT molecular complexity index is 564. The van der Waals surface area contributed by atoms with Crippen molar-refractivity contribution < 1.29 is 14.7 Å². The van der Waals surface area contributed by atoms with Crippen LogP contribution in [-0.2, 0) is 16.0 Å². The van der Waals surface area contributed by atoms with Gasteiger partial charge in [-0.25, -0.2) is 4.79 Å². The summed E-state index contributed by atoms with van der Waals surface area (Å²) < 4.78 is 0. The van der Waals surface area contributed by atoms with E-state index in [1.165, 1.54) is 5.56 Å². The summed E-state index contributed by atoms with van der Waals surface area (Å²) in [6.07, 6.45) is 2.99. The van der Waals surface area contributed by atoms with Gasteiger partial charge in [-0.2, -0.15) is 0 Å². The number of thioether (sulfide) groups is 1. The van der Waals surface area contributed by atoms with Crippen LogP contribution in [0.5, 0.6) is 0 Å². The van der Waals surface area contributed by atoms with Crippen LogP contribution in [0.4, 0.5) is 0 Å². The highest BCUT2D eigenvalue weighted by atomic mass is 32.2. The highest BCUT2D eigenvalue weighted by Crippen LogP contribution is 2.39. The Labute approximate surface area is 128 Å². The Kier molecular flexibility index (Phi) is 3.69. The molecule has 1 N–H and O–H groups in total. The fraction of sp³-hybridized carbons (Fsp3) is 0.500. The summed E-state index contributed by atoms with van der Waals surface area (Å²) in [5.41, 5.74) is 0.139. The summed E-state index contributed by atoms with van der Waals surface area (Å²) in [5.74, 6) is -0.920. The monoisotopic (exact) mass is 305 g/mol. The molecular weight excluding hydrogens is 286 g/mol. The molecule has 2 unspecified atom stereocenters. The van der Waals surface area contributed by atoms with Crippen LogP contribution in [0, 0.1) is 0 Å². The number of aliphatic carboxylic acids is 1. The zero-order chi connectivity index (χ0) is 15.0. The predicted molar refractivity (Wildman–Crippen MR) is 81.4 cm³/mol. The first kappa shape index (κ1) is 14.4. The third-order valence-electron chi connectivity index (χ3n) is 4.54. The van der Waals surface area contributed by atoms with E-state index in [4.69, 9.17) is 0 Å². The Balaban J connectivity index is 1.81. The lowest BCUT2D eigenvalue weighted by molar-refractivity contribution is -0.160. The topological polar surface area (TPSA) is 57.6 Å². The molecule has 3 rings (SSSR count). The average molecular weight is 305 g/mol. The van der Waals surface area contributed by atoms with Crippen molar-refractivity contribution in [2.45, 2.75) is 48.3 Å². The third-order valence-corrected chi connectivity index (χ3v) is 5.85. The molecule has 1 saturated heterocycles. The second-order valence-electron chi connectivity index (χ2n) is 5.94. The summed E-state index contributed by atoms with van der Waals surface area (Å²) in [6, 6.07) is 8.03. The van der Waals surface area contributed by atoms with E-state index in [1.807, 2.05) is 24.3 Å². The van der Waals surface area contributed by atoms with Crippen molar-refractivity contribution in [1.29, 1.82) is 0 Å². The van der Waals surface area contributed by atoms with Crippen LogP contribution < -0.4 is 0 Å². The number of likely N-dealkylation sites (tertiary alicyclic amines) is 1. The number of amides is 1. The number of carbonyl (C=O) groups is 2. The van der Waals surface area contributed by atoms with Gasteiger partial charge in [0.2, 0.25) is 5.91 Å². The fourth-order valence-electron chi connectivity index (χ4n) is 3.19. The summed E-state index contributed by atoms with van der Waals surface area (Å²) in [7, 11) is 0. The van der Waals surface area contributed by atoms with Gasteiger partial charge < -0.3 is 10.0 Å². The van der Waals surface area contributed by atoms with Crippen molar-refractivity contribution >= 4 is 23.6 Å². The number of benzene rings is 1. The Hall–Kier alpha value is -1.49. The quantitative estimate of drug-likeness (QED) is 0.912. The van der Waals surface area contributed by atoms with Crippen molar-refractivity contribution in [3.8, 4) is 0 Å². The average Bonchev–Trinajstić information content (AvgIpc) is 2.91. The lowest BCUT2D eigenvalue weighted by Gasteiger charge is -2.42. The Morgan fingerprint density at radius 2 is 2.10 bits per heavy atom. The molecule has 112 valence electrons. The van der Waals surface area contributed by atoms with Crippen molar-refractivity contribution in [3.05, 3.63) is 29.8 Å². The maximum atomic E-state index is 12.8. The van der Waals surface area contributed by atoms with E-state index >= 15 is 0 Å². The van der Waals surface area contributed by atoms with Crippen LogP contribution in [0.3, 0.4) is 0 Å². The molecule has 5 heteroatoms. The normalized spacial score (nSPS) is 28.2. The van der Waals surface area contributed by atoms with Gasteiger partial charge in [0.05, 0.1) is 5.25 Å². The molecular formula is C16H19NO3S. The van der Waals surface area contributed by atoms with E-state index in [1.54, 1.807) is 23.6 Å². The lowest BCUT2D eigenvalue weighted by Crippen LogP contribution is -2.59. The molecule has 1 fully saturated rings. The predicted octanol–water partition coefficient (Wildman–Crippen LogP) is 2.56. The number of hydrogen-bond donors (Lipinski definition) is 1. The molecule has 2 aliphatic rings. The molecule has 1 aromatic rings. The van der Waals surface area contributed by atoms with E-state index in [9.17, 15) is 14.7 Å². The molecule has 0 bridgehead atoms. The number of piperidine rings is 1. The van der Waals surface area contributed by atoms with E-state index in [0.717, 1.165) is 17.7 Å². The first-order valence-corrected chi connectivity index (χ1v) is 8.20. The molecule has 0 aromatic heterocycles. The minimum Gasteiger partial charge on any atom is -0.480 e. The molecule has 0 spiro atoms. The summed E-state index contributed by atoms with van der Waals surface area (Å²) in [5, 5.41) is 9.35. The largest absolute Gasteiger partial charge is 0.480 e. The van der Waals surface area contributed by atoms with Gasteiger partial charge in [0.15, 0.2) is 0 Å². The van der Waals surface area contributed by atoms with Crippen LogP contribution >= 0.6 is 11.8 Å². The fourth-order valence-corrected chi connectivity index (χ4v) is 4.45. The van der Waals surface area contributed by atoms with E-state index < -0.39 is 11.5 Å². The SMILES string of the molecule is CC1(C(=O)O)CCCCN1C(=O)C1Cc2ccccc2S1. The second kappa shape index (κ2) is 5.37. The maximum absolute atomic E-state index is 12.8. The van der Waals surface area contributed by atoms with E-state index in [0.29, 0.717) is 19.4 Å². The van der Waals surface area contributed by atoms with Gasteiger partial charge in [-0.3, -0.25) is 4.79 Å². The number of nitrogens with zero attached hydrogens (tertiary/aromatic N) is 1. The highest BCUT2D eigenvalue weighted by Gasteiger charge is 2.46. The molecule has 2 heterocycles. The standard InChI is InChI=1S/C16H19NO3S/c1-16(15(19)20)8-4-5-9-17(16)14(18)13-10-11-6-2-3-7-12(11)21-13/h2-3,6-7,13H,4-5,8-10H2,1H3,(H,19,20). The van der Waals surface area contributed by atoms with Gasteiger partial charge in [-0.05, 0) is 44.2 Å². The molecule has 1 aromatic carbocycles. The molecule has 21 heavy (non-hydrogen) atoms. The molecule has 4 nitrogen and oxygen atoms in total.